The molecule has 0 bridgehead atoms. The number of ketones is 1. The number of nitrogens with zero attached hydrogens (tertiary/aromatic N) is 3. The summed E-state index contributed by atoms with van der Waals surface area (Å²) in [5.41, 5.74) is 1.44. The zero-order chi connectivity index (χ0) is 13.5. The molecule has 20 heavy (non-hydrogen) atoms. The first-order valence-electron chi connectivity index (χ1n) is 5.92. The monoisotopic (exact) mass is 297 g/mol. The van der Waals surface area contributed by atoms with E-state index in [1.807, 2.05) is 12.1 Å². The van der Waals surface area contributed by atoms with Gasteiger partial charge in [0.1, 0.15) is 14.4 Å². The molecule has 0 atom stereocenters. The van der Waals surface area contributed by atoms with Crippen LogP contribution in [0.15, 0.2) is 42.9 Å². The van der Waals surface area contributed by atoms with Gasteiger partial charge in [-0.3, -0.25) is 9.78 Å². The lowest BCUT2D eigenvalue weighted by molar-refractivity contribution is 0.103. The maximum absolute atomic E-state index is 12.3. The summed E-state index contributed by atoms with van der Waals surface area (Å²) in [6.07, 6.45) is 4.98. The van der Waals surface area contributed by atoms with Crippen molar-refractivity contribution in [2.45, 2.75) is 0 Å². The second kappa shape index (κ2) is 4.43. The molecule has 0 unspecified atom stereocenters. The van der Waals surface area contributed by atoms with Crippen LogP contribution in [0.3, 0.4) is 0 Å². The van der Waals surface area contributed by atoms with Crippen molar-refractivity contribution in [2.75, 3.05) is 0 Å². The van der Waals surface area contributed by atoms with Crippen LogP contribution in [0.4, 0.5) is 0 Å². The van der Waals surface area contributed by atoms with E-state index < -0.39 is 0 Å². The molecule has 0 spiro atoms. The summed E-state index contributed by atoms with van der Waals surface area (Å²) in [5, 5.41) is 1.51. The number of fused-ring (bicyclic) bond motifs is 3. The summed E-state index contributed by atoms with van der Waals surface area (Å²) in [6.45, 7) is 0. The number of rotatable bonds is 2. The number of pyridine rings is 2. The van der Waals surface area contributed by atoms with E-state index in [0.29, 0.717) is 10.6 Å². The van der Waals surface area contributed by atoms with E-state index in [1.54, 1.807) is 42.1 Å². The number of hydrogen-bond acceptors (Lipinski definition) is 6. The van der Waals surface area contributed by atoms with Crippen LogP contribution >= 0.6 is 22.7 Å². The number of thiazole rings is 1. The molecule has 4 nitrogen and oxygen atoms in total. The van der Waals surface area contributed by atoms with E-state index in [-0.39, 0.29) is 5.78 Å². The van der Waals surface area contributed by atoms with Gasteiger partial charge in [0.15, 0.2) is 5.01 Å². The van der Waals surface area contributed by atoms with Gasteiger partial charge in [0.05, 0.1) is 0 Å². The summed E-state index contributed by atoms with van der Waals surface area (Å²) in [7, 11) is 0. The van der Waals surface area contributed by atoms with Crippen LogP contribution in [0.1, 0.15) is 15.4 Å². The van der Waals surface area contributed by atoms with Crippen molar-refractivity contribution in [3.8, 4) is 0 Å². The number of hydrogen-bond donors (Lipinski definition) is 0. The van der Waals surface area contributed by atoms with E-state index in [1.165, 1.54) is 11.3 Å². The Labute approximate surface area is 121 Å². The van der Waals surface area contributed by atoms with Gasteiger partial charge in [0.2, 0.25) is 5.78 Å². The Bertz CT molecular complexity index is 927. The molecule has 0 aliphatic rings. The molecule has 0 saturated carbocycles. The number of thiophene rings is 1. The number of carbonyl (C=O) groups excluding carboxylic acids is 1. The molecule has 6 heteroatoms. The highest BCUT2D eigenvalue weighted by Crippen LogP contribution is 2.36. The molecule has 0 radical (unpaired) electrons. The Hall–Kier alpha value is -2.18. The smallest absolute Gasteiger partial charge is 0.223 e. The summed E-state index contributed by atoms with van der Waals surface area (Å²) in [5.74, 6) is -0.0801. The summed E-state index contributed by atoms with van der Waals surface area (Å²) in [6, 6.07) is 7.38. The lowest BCUT2D eigenvalue weighted by Gasteiger charge is -1.94. The number of carbonyl (C=O) groups is 1. The van der Waals surface area contributed by atoms with Crippen LogP contribution in [0.25, 0.3) is 19.7 Å². The standard InChI is InChI=1S/C14H7N3OS2/c18-11(8-3-1-5-15-7-8)13-17-10-9-4-2-6-16-12(9)19-14(10)20-13/h1-7H. The quantitative estimate of drug-likeness (QED) is 0.531. The minimum absolute atomic E-state index is 0.0801. The average Bonchev–Trinajstić information content (AvgIpc) is 3.05. The van der Waals surface area contributed by atoms with Crippen molar-refractivity contribution < 1.29 is 4.79 Å². The highest BCUT2D eigenvalue weighted by Gasteiger charge is 2.17. The molecule has 0 saturated heterocycles. The van der Waals surface area contributed by atoms with Crippen molar-refractivity contribution in [1.82, 2.24) is 15.0 Å². The van der Waals surface area contributed by atoms with Crippen LogP contribution < -0.4 is 0 Å². The predicted octanol–water partition coefficient (Wildman–Crippen LogP) is 3.53. The third-order valence-electron chi connectivity index (χ3n) is 2.93. The van der Waals surface area contributed by atoms with Crippen LogP contribution in [0.5, 0.6) is 0 Å². The van der Waals surface area contributed by atoms with E-state index >= 15 is 0 Å². The predicted molar refractivity (Wildman–Crippen MR) is 80.5 cm³/mol. The minimum atomic E-state index is -0.0801. The van der Waals surface area contributed by atoms with E-state index in [9.17, 15) is 4.79 Å². The molecule has 0 aliphatic heterocycles. The topological polar surface area (TPSA) is 55.7 Å². The molecular weight excluding hydrogens is 290 g/mol. The molecular formula is C14H7N3OS2. The second-order valence-corrected chi connectivity index (χ2v) is 6.44. The summed E-state index contributed by atoms with van der Waals surface area (Å²) in [4.78, 5) is 26.1. The van der Waals surface area contributed by atoms with Crippen LogP contribution in [0.2, 0.25) is 0 Å². The third kappa shape index (κ3) is 1.73. The number of aromatic nitrogens is 3. The highest BCUT2D eigenvalue weighted by molar-refractivity contribution is 7.41. The fraction of sp³-hybridized carbons (Fsp3) is 0. The first kappa shape index (κ1) is 11.6. The Kier molecular flexibility index (Phi) is 2.58. The van der Waals surface area contributed by atoms with Crippen molar-refractivity contribution in [1.29, 1.82) is 0 Å². The largest absolute Gasteiger partial charge is 0.286 e. The zero-order valence-electron chi connectivity index (χ0n) is 10.1. The fourth-order valence-electron chi connectivity index (χ4n) is 2.00. The van der Waals surface area contributed by atoms with E-state index in [0.717, 1.165) is 19.7 Å². The van der Waals surface area contributed by atoms with E-state index in [4.69, 9.17) is 0 Å². The normalized spacial score (nSPS) is 11.2. The van der Waals surface area contributed by atoms with Gasteiger partial charge >= 0.3 is 0 Å². The van der Waals surface area contributed by atoms with Crippen LogP contribution in [-0.4, -0.2) is 20.7 Å². The van der Waals surface area contributed by atoms with Gasteiger partial charge in [-0.05, 0) is 24.3 Å². The Morgan fingerprint density at radius 3 is 2.85 bits per heavy atom. The maximum Gasteiger partial charge on any atom is 0.223 e. The van der Waals surface area contributed by atoms with Crippen LogP contribution in [0, 0.1) is 0 Å². The second-order valence-electron chi connectivity index (χ2n) is 4.18. The Balaban J connectivity index is 1.87. The molecule has 0 aliphatic carbocycles. The van der Waals surface area contributed by atoms with Crippen molar-refractivity contribution in [3.63, 3.8) is 0 Å². The van der Waals surface area contributed by atoms with Gasteiger partial charge in [-0.1, -0.05) is 11.3 Å². The van der Waals surface area contributed by atoms with Crippen molar-refractivity contribution in [3.05, 3.63) is 53.4 Å². The van der Waals surface area contributed by atoms with Gasteiger partial charge in [-0.2, -0.15) is 0 Å². The van der Waals surface area contributed by atoms with E-state index in [2.05, 4.69) is 15.0 Å². The van der Waals surface area contributed by atoms with Crippen molar-refractivity contribution in [2.24, 2.45) is 0 Å². The third-order valence-corrected chi connectivity index (χ3v) is 5.18. The molecule has 4 aromatic heterocycles. The lowest BCUT2D eigenvalue weighted by atomic mass is 10.2. The SMILES string of the molecule is O=C(c1cccnc1)c1nc2c(s1)sc1ncccc12. The summed E-state index contributed by atoms with van der Waals surface area (Å²) >= 11 is 2.99. The molecule has 0 fully saturated rings. The Morgan fingerprint density at radius 2 is 2.00 bits per heavy atom. The zero-order valence-corrected chi connectivity index (χ0v) is 11.7. The highest BCUT2D eigenvalue weighted by atomic mass is 32.2. The van der Waals surface area contributed by atoms with Gasteiger partial charge in [0.25, 0.3) is 0 Å². The van der Waals surface area contributed by atoms with Gasteiger partial charge < -0.3 is 0 Å². The van der Waals surface area contributed by atoms with Gasteiger partial charge in [0, 0.05) is 29.5 Å². The molecule has 96 valence electrons. The fourth-order valence-corrected chi connectivity index (χ4v) is 4.24. The first-order chi connectivity index (χ1) is 9.83. The molecule has 0 N–H and O–H groups in total. The van der Waals surface area contributed by atoms with Crippen LogP contribution in [-0.2, 0) is 0 Å². The first-order valence-corrected chi connectivity index (χ1v) is 7.55. The van der Waals surface area contributed by atoms with Crippen molar-refractivity contribution >= 4 is 48.2 Å². The molecule has 4 heterocycles. The molecule has 0 amide bonds. The van der Waals surface area contributed by atoms with Gasteiger partial charge in [-0.15, -0.1) is 11.3 Å². The molecule has 4 rings (SSSR count). The average molecular weight is 297 g/mol. The maximum atomic E-state index is 12.3. The lowest BCUT2D eigenvalue weighted by Crippen LogP contribution is -2.00. The Morgan fingerprint density at radius 1 is 1.10 bits per heavy atom. The summed E-state index contributed by atoms with van der Waals surface area (Å²) < 4.78 is 1.03. The van der Waals surface area contributed by atoms with Gasteiger partial charge in [-0.25, -0.2) is 9.97 Å². The minimum Gasteiger partial charge on any atom is -0.286 e. The molecule has 0 aromatic carbocycles. The molecule has 4 aromatic rings.